The summed E-state index contributed by atoms with van der Waals surface area (Å²) in [6.45, 7) is 0. The van der Waals surface area contributed by atoms with Gasteiger partial charge in [-0.3, -0.25) is 10.1 Å². The van der Waals surface area contributed by atoms with E-state index in [4.69, 9.17) is 0 Å². The van der Waals surface area contributed by atoms with Gasteiger partial charge in [-0.1, -0.05) is 30.0 Å². The predicted molar refractivity (Wildman–Crippen MR) is 90.8 cm³/mol. The van der Waals surface area contributed by atoms with Crippen LogP contribution in [0.2, 0.25) is 0 Å². The van der Waals surface area contributed by atoms with E-state index in [1.165, 1.54) is 17.0 Å². The number of nitro groups is 1. The second kappa shape index (κ2) is 6.93. The number of aromatic nitrogens is 3. The van der Waals surface area contributed by atoms with Crippen LogP contribution in [-0.4, -0.2) is 19.7 Å². The van der Waals surface area contributed by atoms with Crippen LogP contribution in [0.15, 0.2) is 46.9 Å². The molecule has 0 unspecified atom stereocenters. The molecule has 0 bridgehead atoms. The number of thioether (sulfide) groups is 1. The minimum absolute atomic E-state index is 0.107. The van der Waals surface area contributed by atoms with Crippen LogP contribution in [0.4, 0.5) is 5.69 Å². The molecular formula is C15H14N4O2S2. The Hall–Kier alpha value is -2.19. The van der Waals surface area contributed by atoms with Crippen molar-refractivity contribution >= 4 is 28.8 Å². The van der Waals surface area contributed by atoms with Crippen LogP contribution in [0.5, 0.6) is 0 Å². The summed E-state index contributed by atoms with van der Waals surface area (Å²) < 4.78 is 2.00. The van der Waals surface area contributed by atoms with Gasteiger partial charge < -0.3 is 4.57 Å². The maximum atomic E-state index is 10.6. The van der Waals surface area contributed by atoms with E-state index >= 15 is 0 Å². The molecule has 0 amide bonds. The molecule has 0 saturated heterocycles. The third-order valence-electron chi connectivity index (χ3n) is 3.35. The van der Waals surface area contributed by atoms with E-state index in [-0.39, 0.29) is 5.69 Å². The van der Waals surface area contributed by atoms with E-state index in [1.54, 1.807) is 35.2 Å². The molecule has 1 aromatic carbocycles. The summed E-state index contributed by atoms with van der Waals surface area (Å²) >= 11 is 3.28. The Kier molecular flexibility index (Phi) is 4.73. The fourth-order valence-electron chi connectivity index (χ4n) is 2.06. The monoisotopic (exact) mass is 346 g/mol. The molecule has 3 rings (SSSR count). The van der Waals surface area contributed by atoms with Gasteiger partial charge in [0.2, 0.25) is 0 Å². The van der Waals surface area contributed by atoms with E-state index < -0.39 is 4.92 Å². The average Bonchev–Trinajstić information content (AvgIpc) is 3.18. The summed E-state index contributed by atoms with van der Waals surface area (Å²) in [7, 11) is 1.96. The Balaban J connectivity index is 1.64. The smallest absolute Gasteiger partial charge is 0.269 e. The molecule has 0 fully saturated rings. The molecule has 3 aromatic rings. The molecule has 118 valence electrons. The van der Waals surface area contributed by atoms with Crippen molar-refractivity contribution in [2.75, 3.05) is 0 Å². The fourth-order valence-corrected chi connectivity index (χ4v) is 3.64. The maximum Gasteiger partial charge on any atom is 0.269 e. The first-order valence-electron chi connectivity index (χ1n) is 6.90. The quantitative estimate of drug-likeness (QED) is 0.387. The average molecular weight is 346 g/mol. The third kappa shape index (κ3) is 3.77. The molecule has 0 saturated carbocycles. The zero-order valence-corrected chi connectivity index (χ0v) is 14.0. The number of nitrogens with zero attached hydrogens (tertiary/aromatic N) is 4. The molecule has 2 aromatic heterocycles. The number of nitro benzene ring substituents is 1. The summed E-state index contributed by atoms with van der Waals surface area (Å²) in [6.07, 6.45) is 0.777. The highest BCUT2D eigenvalue weighted by molar-refractivity contribution is 7.98. The Bertz CT molecular complexity index is 798. The molecule has 23 heavy (non-hydrogen) atoms. The summed E-state index contributed by atoms with van der Waals surface area (Å²) in [5.74, 6) is 1.63. The Morgan fingerprint density at radius 1 is 1.26 bits per heavy atom. The van der Waals surface area contributed by atoms with Gasteiger partial charge in [-0.2, -0.15) is 0 Å². The van der Waals surface area contributed by atoms with Crippen LogP contribution in [0.3, 0.4) is 0 Å². The van der Waals surface area contributed by atoms with Gasteiger partial charge in [0.05, 0.1) is 4.92 Å². The summed E-state index contributed by atoms with van der Waals surface area (Å²) in [4.78, 5) is 11.5. The highest BCUT2D eigenvalue weighted by Crippen LogP contribution is 2.23. The molecule has 8 heteroatoms. The first-order valence-corrected chi connectivity index (χ1v) is 8.77. The number of rotatable bonds is 6. The van der Waals surface area contributed by atoms with E-state index in [0.29, 0.717) is 5.75 Å². The normalized spacial score (nSPS) is 10.8. The van der Waals surface area contributed by atoms with Gasteiger partial charge in [-0.15, -0.1) is 21.5 Å². The first-order chi connectivity index (χ1) is 11.1. The molecule has 0 N–H and O–H groups in total. The van der Waals surface area contributed by atoms with Crippen LogP contribution in [0, 0.1) is 10.1 Å². The van der Waals surface area contributed by atoms with Gasteiger partial charge in [0.1, 0.15) is 5.82 Å². The summed E-state index contributed by atoms with van der Waals surface area (Å²) in [6, 6.07) is 10.7. The third-order valence-corrected chi connectivity index (χ3v) is 5.32. The number of hydrogen-bond donors (Lipinski definition) is 0. The van der Waals surface area contributed by atoms with Crippen molar-refractivity contribution in [2.45, 2.75) is 17.3 Å². The minimum Gasteiger partial charge on any atom is -0.309 e. The van der Waals surface area contributed by atoms with Crippen molar-refractivity contribution in [2.24, 2.45) is 7.05 Å². The first kappa shape index (κ1) is 15.7. The van der Waals surface area contributed by atoms with Gasteiger partial charge in [-0.05, 0) is 17.0 Å². The molecule has 0 spiro atoms. The molecule has 6 nitrogen and oxygen atoms in total. The maximum absolute atomic E-state index is 10.6. The second-order valence-corrected chi connectivity index (χ2v) is 6.90. The number of benzene rings is 1. The molecule has 0 aliphatic carbocycles. The van der Waals surface area contributed by atoms with E-state index in [1.807, 2.05) is 17.7 Å². The second-order valence-electron chi connectivity index (χ2n) is 4.93. The number of non-ortho nitro benzene ring substituents is 1. The van der Waals surface area contributed by atoms with Crippen molar-refractivity contribution in [3.05, 3.63) is 68.2 Å². The van der Waals surface area contributed by atoms with Gasteiger partial charge in [0.15, 0.2) is 5.16 Å². The van der Waals surface area contributed by atoms with Crippen molar-refractivity contribution < 1.29 is 4.92 Å². The highest BCUT2D eigenvalue weighted by atomic mass is 32.2. The van der Waals surface area contributed by atoms with Crippen LogP contribution in [-0.2, 0) is 19.2 Å². The topological polar surface area (TPSA) is 73.8 Å². The lowest BCUT2D eigenvalue weighted by Gasteiger charge is -2.03. The number of hydrogen-bond acceptors (Lipinski definition) is 6. The van der Waals surface area contributed by atoms with Crippen molar-refractivity contribution in [1.29, 1.82) is 0 Å². The summed E-state index contributed by atoms with van der Waals surface area (Å²) in [5, 5.41) is 22.0. The molecule has 0 aliphatic heterocycles. The standard InChI is InChI=1S/C15H14N4O2S2/c1-18-14(9-13-3-2-8-22-13)16-17-15(18)23-10-11-4-6-12(7-5-11)19(20)21/h2-8H,9-10H2,1H3. The van der Waals surface area contributed by atoms with Gasteiger partial charge in [0, 0.05) is 36.2 Å². The van der Waals surface area contributed by atoms with Gasteiger partial charge in [-0.25, -0.2) is 0 Å². The van der Waals surface area contributed by atoms with Gasteiger partial charge >= 0.3 is 0 Å². The predicted octanol–water partition coefficient (Wildman–Crippen LogP) is 3.67. The fraction of sp³-hybridized carbons (Fsp3) is 0.200. The van der Waals surface area contributed by atoms with Gasteiger partial charge in [0.25, 0.3) is 5.69 Å². The molecular weight excluding hydrogens is 332 g/mol. The Labute approximate surface area is 141 Å². The molecule has 0 aliphatic rings. The Morgan fingerprint density at radius 3 is 2.70 bits per heavy atom. The van der Waals surface area contributed by atoms with E-state index in [9.17, 15) is 10.1 Å². The molecule has 0 atom stereocenters. The zero-order valence-electron chi connectivity index (χ0n) is 12.4. The van der Waals surface area contributed by atoms with Crippen LogP contribution < -0.4 is 0 Å². The van der Waals surface area contributed by atoms with E-state index in [2.05, 4.69) is 21.6 Å². The zero-order chi connectivity index (χ0) is 16.2. The molecule has 2 heterocycles. The SMILES string of the molecule is Cn1c(Cc2cccs2)nnc1SCc1ccc([N+](=O)[O-])cc1. The summed E-state index contributed by atoms with van der Waals surface area (Å²) in [5.41, 5.74) is 1.12. The van der Waals surface area contributed by atoms with Crippen LogP contribution in [0.1, 0.15) is 16.3 Å². The van der Waals surface area contributed by atoms with Crippen molar-refractivity contribution in [1.82, 2.24) is 14.8 Å². The largest absolute Gasteiger partial charge is 0.309 e. The lowest BCUT2D eigenvalue weighted by molar-refractivity contribution is -0.384. The van der Waals surface area contributed by atoms with Crippen LogP contribution in [0.25, 0.3) is 0 Å². The lowest BCUT2D eigenvalue weighted by atomic mass is 10.2. The van der Waals surface area contributed by atoms with Crippen LogP contribution >= 0.6 is 23.1 Å². The van der Waals surface area contributed by atoms with Crippen molar-refractivity contribution in [3.63, 3.8) is 0 Å². The van der Waals surface area contributed by atoms with E-state index in [0.717, 1.165) is 23.0 Å². The lowest BCUT2D eigenvalue weighted by Crippen LogP contribution is -1.99. The Morgan fingerprint density at radius 2 is 2.04 bits per heavy atom. The van der Waals surface area contributed by atoms with Crippen molar-refractivity contribution in [3.8, 4) is 0 Å². The highest BCUT2D eigenvalue weighted by Gasteiger charge is 2.11. The molecule has 0 radical (unpaired) electrons. The minimum atomic E-state index is -0.392. The number of thiophene rings is 1.